The van der Waals surface area contributed by atoms with Gasteiger partial charge in [-0.1, -0.05) is 24.3 Å². The van der Waals surface area contributed by atoms with Crippen LogP contribution < -0.4 is 16.1 Å². The molecule has 0 aliphatic heterocycles. The maximum absolute atomic E-state index is 11.8. The number of anilines is 1. The Kier molecular flexibility index (Phi) is 5.40. The number of urea groups is 1. The van der Waals surface area contributed by atoms with Gasteiger partial charge in [0.1, 0.15) is 0 Å². The number of rotatable bonds is 4. The summed E-state index contributed by atoms with van der Waals surface area (Å²) in [7, 11) is 0. The maximum Gasteiger partial charge on any atom is 0.319 e. The van der Waals surface area contributed by atoms with Crippen LogP contribution in [0, 0.1) is 0 Å². The van der Waals surface area contributed by atoms with E-state index >= 15 is 0 Å². The summed E-state index contributed by atoms with van der Waals surface area (Å²) in [5.41, 5.74) is 3.34. The minimum Gasteiger partial charge on any atom is -0.334 e. The minimum atomic E-state index is -0.581. The average Bonchev–Trinajstić information content (AvgIpc) is 2.55. The van der Waals surface area contributed by atoms with Gasteiger partial charge in [-0.15, -0.1) is 12.6 Å². The lowest BCUT2D eigenvalue weighted by atomic mass is 10.1. The number of carbonyl (C=O) groups is 2. The molecule has 0 atom stereocenters. The highest BCUT2D eigenvalue weighted by Gasteiger charge is 2.06. The molecule has 2 aromatic rings. The van der Waals surface area contributed by atoms with Crippen molar-refractivity contribution in [3.05, 3.63) is 59.7 Å². The molecule has 0 saturated carbocycles. The summed E-state index contributed by atoms with van der Waals surface area (Å²) in [4.78, 5) is 23.7. The number of hydroxylamine groups is 1. The topological polar surface area (TPSA) is 90.5 Å². The predicted octanol–water partition coefficient (Wildman–Crippen LogP) is 2.42. The van der Waals surface area contributed by atoms with Gasteiger partial charge in [-0.05, 0) is 29.8 Å². The summed E-state index contributed by atoms with van der Waals surface area (Å²) in [5.74, 6) is -0.581. The Labute approximate surface area is 132 Å². The zero-order valence-electron chi connectivity index (χ0n) is 11.5. The van der Waals surface area contributed by atoms with Crippen molar-refractivity contribution in [3.8, 4) is 0 Å². The summed E-state index contributed by atoms with van der Waals surface area (Å²) < 4.78 is 0. The summed E-state index contributed by atoms with van der Waals surface area (Å²) in [6.45, 7) is 0.307. The maximum atomic E-state index is 11.8. The van der Waals surface area contributed by atoms with Gasteiger partial charge < -0.3 is 10.6 Å². The fourth-order valence-electron chi connectivity index (χ4n) is 1.77. The Morgan fingerprint density at radius 2 is 1.73 bits per heavy atom. The molecule has 22 heavy (non-hydrogen) atoms. The smallest absolute Gasteiger partial charge is 0.319 e. The van der Waals surface area contributed by atoms with E-state index in [2.05, 4.69) is 23.3 Å². The number of nitrogens with one attached hydrogen (secondary N) is 3. The Morgan fingerprint density at radius 1 is 1.05 bits per heavy atom. The highest BCUT2D eigenvalue weighted by Crippen LogP contribution is 2.18. The number of benzene rings is 2. The van der Waals surface area contributed by atoms with Crippen LogP contribution in [0.3, 0.4) is 0 Å². The molecule has 0 aromatic heterocycles. The first-order valence-corrected chi connectivity index (χ1v) is 6.91. The van der Waals surface area contributed by atoms with E-state index in [1.165, 1.54) is 0 Å². The third kappa shape index (κ3) is 4.24. The number of amides is 3. The first-order chi connectivity index (χ1) is 10.6. The number of para-hydroxylation sites is 1. The monoisotopic (exact) mass is 317 g/mol. The summed E-state index contributed by atoms with van der Waals surface area (Å²) >= 11 is 4.25. The molecule has 0 saturated heterocycles. The Hall–Kier alpha value is -2.51. The van der Waals surface area contributed by atoms with Gasteiger partial charge in [-0.25, -0.2) is 10.3 Å². The molecule has 114 valence electrons. The Balaban J connectivity index is 1.89. The lowest BCUT2D eigenvalue weighted by molar-refractivity contribution is 0.0706. The Bertz CT molecular complexity index is 674. The largest absolute Gasteiger partial charge is 0.334 e. The molecule has 2 rings (SSSR count). The van der Waals surface area contributed by atoms with Crippen LogP contribution in [0.15, 0.2) is 53.4 Å². The third-order valence-corrected chi connectivity index (χ3v) is 3.31. The molecular formula is C15H15N3O3S. The first kappa shape index (κ1) is 15.9. The molecule has 2 aromatic carbocycles. The molecule has 0 bridgehead atoms. The molecular weight excluding hydrogens is 302 g/mol. The molecule has 0 fully saturated rings. The van der Waals surface area contributed by atoms with E-state index in [1.807, 2.05) is 6.07 Å². The van der Waals surface area contributed by atoms with Gasteiger partial charge in [0.2, 0.25) is 0 Å². The molecule has 7 heteroatoms. The van der Waals surface area contributed by atoms with Crippen LogP contribution in [0.4, 0.5) is 10.5 Å². The van der Waals surface area contributed by atoms with Crippen LogP contribution in [0.25, 0.3) is 0 Å². The first-order valence-electron chi connectivity index (χ1n) is 6.46. The van der Waals surface area contributed by atoms with Crippen LogP contribution in [-0.4, -0.2) is 17.1 Å². The number of carbonyl (C=O) groups excluding carboxylic acids is 2. The molecule has 0 aliphatic rings. The van der Waals surface area contributed by atoms with E-state index in [0.717, 1.165) is 5.56 Å². The molecule has 0 heterocycles. The van der Waals surface area contributed by atoms with E-state index in [-0.39, 0.29) is 6.03 Å². The van der Waals surface area contributed by atoms with Crippen LogP contribution in [0.5, 0.6) is 0 Å². The van der Waals surface area contributed by atoms with Gasteiger partial charge in [-0.2, -0.15) is 0 Å². The van der Waals surface area contributed by atoms with Gasteiger partial charge in [-0.3, -0.25) is 10.0 Å². The second kappa shape index (κ2) is 7.48. The fourth-order valence-corrected chi connectivity index (χ4v) is 1.98. The standard InChI is InChI=1S/C15H15N3O3S/c19-14(18-21)11-7-5-10(6-8-11)9-16-15(20)17-12-3-1-2-4-13(12)22/h1-8,21-22H,9H2,(H,18,19)(H2,16,17,20). The molecule has 0 radical (unpaired) electrons. The zero-order valence-corrected chi connectivity index (χ0v) is 12.4. The molecule has 0 aliphatic carbocycles. The van der Waals surface area contributed by atoms with Crippen molar-refractivity contribution >= 4 is 30.3 Å². The van der Waals surface area contributed by atoms with Crippen LogP contribution in [-0.2, 0) is 6.54 Å². The van der Waals surface area contributed by atoms with Crippen molar-refractivity contribution in [1.29, 1.82) is 0 Å². The van der Waals surface area contributed by atoms with Crippen LogP contribution >= 0.6 is 12.6 Å². The van der Waals surface area contributed by atoms with Gasteiger partial charge in [0.25, 0.3) is 5.91 Å². The van der Waals surface area contributed by atoms with Crippen molar-refractivity contribution in [2.75, 3.05) is 5.32 Å². The second-order valence-electron chi connectivity index (χ2n) is 4.46. The van der Waals surface area contributed by atoms with Crippen molar-refractivity contribution in [2.45, 2.75) is 11.4 Å². The van der Waals surface area contributed by atoms with Crippen molar-refractivity contribution in [2.24, 2.45) is 0 Å². The highest BCUT2D eigenvalue weighted by molar-refractivity contribution is 7.80. The summed E-state index contributed by atoms with van der Waals surface area (Å²) in [5, 5.41) is 13.9. The van der Waals surface area contributed by atoms with E-state index in [4.69, 9.17) is 5.21 Å². The van der Waals surface area contributed by atoms with Crippen molar-refractivity contribution in [3.63, 3.8) is 0 Å². The van der Waals surface area contributed by atoms with E-state index in [9.17, 15) is 9.59 Å². The van der Waals surface area contributed by atoms with Crippen LogP contribution in [0.2, 0.25) is 0 Å². The summed E-state index contributed by atoms with van der Waals surface area (Å²) in [6.07, 6.45) is 0. The van der Waals surface area contributed by atoms with Gasteiger partial charge >= 0.3 is 6.03 Å². The van der Waals surface area contributed by atoms with Gasteiger partial charge in [0.15, 0.2) is 0 Å². The zero-order chi connectivity index (χ0) is 15.9. The lowest BCUT2D eigenvalue weighted by Gasteiger charge is -2.09. The molecule has 0 spiro atoms. The number of hydrogen-bond donors (Lipinski definition) is 5. The predicted molar refractivity (Wildman–Crippen MR) is 85.2 cm³/mol. The fraction of sp³-hybridized carbons (Fsp3) is 0.0667. The molecule has 4 N–H and O–H groups in total. The normalized spacial score (nSPS) is 9.91. The third-order valence-electron chi connectivity index (χ3n) is 2.92. The summed E-state index contributed by atoms with van der Waals surface area (Å²) in [6, 6.07) is 13.3. The SMILES string of the molecule is O=C(NCc1ccc(C(=O)NO)cc1)Nc1ccccc1S. The quantitative estimate of drug-likeness (QED) is 0.341. The average molecular weight is 317 g/mol. The van der Waals surface area contributed by atoms with E-state index < -0.39 is 5.91 Å². The van der Waals surface area contributed by atoms with Crippen LogP contribution in [0.1, 0.15) is 15.9 Å². The van der Waals surface area contributed by atoms with Crippen molar-refractivity contribution in [1.82, 2.24) is 10.8 Å². The molecule has 3 amide bonds. The van der Waals surface area contributed by atoms with Gasteiger partial charge in [0.05, 0.1) is 5.69 Å². The van der Waals surface area contributed by atoms with Gasteiger partial charge in [0, 0.05) is 17.0 Å². The molecule has 0 unspecified atom stereocenters. The lowest BCUT2D eigenvalue weighted by Crippen LogP contribution is -2.28. The Morgan fingerprint density at radius 3 is 2.36 bits per heavy atom. The van der Waals surface area contributed by atoms with E-state index in [0.29, 0.717) is 22.7 Å². The van der Waals surface area contributed by atoms with Crippen molar-refractivity contribution < 1.29 is 14.8 Å². The minimum absolute atomic E-state index is 0.307. The number of thiol groups is 1. The second-order valence-corrected chi connectivity index (χ2v) is 4.94. The number of hydrogen-bond acceptors (Lipinski definition) is 4. The molecule has 6 nitrogen and oxygen atoms in total. The highest BCUT2D eigenvalue weighted by atomic mass is 32.1. The van der Waals surface area contributed by atoms with E-state index in [1.54, 1.807) is 47.9 Å².